The maximum Gasteiger partial charge on any atom is 0.310 e. The summed E-state index contributed by atoms with van der Waals surface area (Å²) >= 11 is 0. The quantitative estimate of drug-likeness (QED) is 0.452. The lowest BCUT2D eigenvalue weighted by Crippen LogP contribution is -2.40. The SMILES string of the molecule is O=C(CCCOc1ccccc1[N+](=O)[O-])N1CCOCC1. The third-order valence-corrected chi connectivity index (χ3v) is 3.22. The lowest BCUT2D eigenvalue weighted by molar-refractivity contribution is -0.385. The molecule has 1 aromatic carbocycles. The number of morpholine rings is 1. The van der Waals surface area contributed by atoms with Gasteiger partial charge in [0.05, 0.1) is 24.7 Å². The first kappa shape index (κ1) is 15.2. The fraction of sp³-hybridized carbons (Fsp3) is 0.500. The van der Waals surface area contributed by atoms with Gasteiger partial charge in [0.15, 0.2) is 5.75 Å². The van der Waals surface area contributed by atoms with Gasteiger partial charge in [0, 0.05) is 25.6 Å². The van der Waals surface area contributed by atoms with Crippen molar-refractivity contribution in [3.05, 3.63) is 34.4 Å². The fourth-order valence-corrected chi connectivity index (χ4v) is 2.11. The molecule has 0 bridgehead atoms. The molecule has 0 aliphatic carbocycles. The summed E-state index contributed by atoms with van der Waals surface area (Å²) in [7, 11) is 0. The van der Waals surface area contributed by atoms with Crippen LogP contribution in [0.4, 0.5) is 5.69 Å². The predicted octanol–water partition coefficient (Wildman–Crippen LogP) is 1.61. The number of nitro groups is 1. The summed E-state index contributed by atoms with van der Waals surface area (Å²) in [5.41, 5.74) is -0.0583. The summed E-state index contributed by atoms with van der Waals surface area (Å²) in [6, 6.07) is 6.23. The summed E-state index contributed by atoms with van der Waals surface area (Å²) in [5.74, 6) is 0.311. The van der Waals surface area contributed by atoms with E-state index >= 15 is 0 Å². The van der Waals surface area contributed by atoms with Crippen molar-refractivity contribution >= 4 is 11.6 Å². The number of carbonyl (C=O) groups excluding carboxylic acids is 1. The maximum absolute atomic E-state index is 11.9. The van der Waals surface area contributed by atoms with E-state index in [1.165, 1.54) is 6.07 Å². The van der Waals surface area contributed by atoms with Gasteiger partial charge in [0.2, 0.25) is 5.91 Å². The molecule has 1 amide bonds. The Morgan fingerprint density at radius 3 is 2.76 bits per heavy atom. The van der Waals surface area contributed by atoms with Crippen LogP contribution in [-0.4, -0.2) is 48.6 Å². The van der Waals surface area contributed by atoms with Crippen LogP contribution in [0.3, 0.4) is 0 Å². The molecule has 7 nitrogen and oxygen atoms in total. The molecule has 0 atom stereocenters. The van der Waals surface area contributed by atoms with E-state index in [-0.39, 0.29) is 24.0 Å². The van der Waals surface area contributed by atoms with Crippen molar-refractivity contribution in [2.75, 3.05) is 32.9 Å². The first-order valence-corrected chi connectivity index (χ1v) is 6.90. The summed E-state index contributed by atoms with van der Waals surface area (Å²) in [5, 5.41) is 10.8. The third-order valence-electron chi connectivity index (χ3n) is 3.22. The lowest BCUT2D eigenvalue weighted by Gasteiger charge is -2.26. The molecule has 0 N–H and O–H groups in total. The second-order valence-corrected chi connectivity index (χ2v) is 4.67. The van der Waals surface area contributed by atoms with Crippen LogP contribution in [-0.2, 0) is 9.53 Å². The summed E-state index contributed by atoms with van der Waals surface area (Å²) in [6.45, 7) is 2.70. The van der Waals surface area contributed by atoms with Gasteiger partial charge in [0.25, 0.3) is 0 Å². The Morgan fingerprint density at radius 2 is 2.05 bits per heavy atom. The van der Waals surface area contributed by atoms with Crippen LogP contribution < -0.4 is 4.74 Å². The standard InChI is InChI=1S/C14H18N2O5/c17-14(15-7-10-20-11-8-15)6-3-9-21-13-5-2-1-4-12(13)16(18)19/h1-2,4-5H,3,6-11H2. The summed E-state index contributed by atoms with van der Waals surface area (Å²) in [6.07, 6.45) is 0.906. The second kappa shape index (κ2) is 7.58. The van der Waals surface area contributed by atoms with Gasteiger partial charge in [-0.25, -0.2) is 0 Å². The van der Waals surface area contributed by atoms with E-state index in [9.17, 15) is 14.9 Å². The normalized spacial score (nSPS) is 14.8. The number of rotatable bonds is 6. The van der Waals surface area contributed by atoms with E-state index in [4.69, 9.17) is 9.47 Å². The minimum Gasteiger partial charge on any atom is -0.487 e. The van der Waals surface area contributed by atoms with E-state index in [1.807, 2.05) is 0 Å². The highest BCUT2D eigenvalue weighted by molar-refractivity contribution is 5.76. The topological polar surface area (TPSA) is 81.9 Å². The number of benzene rings is 1. The van der Waals surface area contributed by atoms with Crippen molar-refractivity contribution in [1.82, 2.24) is 4.90 Å². The number of hydrogen-bond acceptors (Lipinski definition) is 5. The zero-order valence-electron chi connectivity index (χ0n) is 11.7. The van der Waals surface area contributed by atoms with E-state index in [2.05, 4.69) is 0 Å². The van der Waals surface area contributed by atoms with Crippen molar-refractivity contribution < 1.29 is 19.2 Å². The number of amides is 1. The highest BCUT2D eigenvalue weighted by Gasteiger charge is 2.17. The zero-order valence-corrected chi connectivity index (χ0v) is 11.7. The second-order valence-electron chi connectivity index (χ2n) is 4.67. The molecule has 2 rings (SSSR count). The number of nitrogens with zero attached hydrogens (tertiary/aromatic N) is 2. The number of ether oxygens (including phenoxy) is 2. The van der Waals surface area contributed by atoms with Crippen LogP contribution >= 0.6 is 0 Å². The van der Waals surface area contributed by atoms with Crippen LogP contribution in [0.15, 0.2) is 24.3 Å². The number of carbonyl (C=O) groups is 1. The van der Waals surface area contributed by atoms with Crippen molar-refractivity contribution in [1.29, 1.82) is 0 Å². The van der Waals surface area contributed by atoms with Gasteiger partial charge < -0.3 is 14.4 Å². The van der Waals surface area contributed by atoms with Crippen LogP contribution in [0.5, 0.6) is 5.75 Å². The minimum absolute atomic E-state index is 0.0583. The molecule has 1 fully saturated rings. The molecule has 0 saturated carbocycles. The third kappa shape index (κ3) is 4.42. The van der Waals surface area contributed by atoms with Gasteiger partial charge in [0.1, 0.15) is 0 Å². The van der Waals surface area contributed by atoms with Crippen molar-refractivity contribution in [2.24, 2.45) is 0 Å². The molecule has 1 aliphatic heterocycles. The molecule has 0 unspecified atom stereocenters. The summed E-state index contributed by atoms with van der Waals surface area (Å²) in [4.78, 5) is 24.0. The zero-order chi connectivity index (χ0) is 15.1. The van der Waals surface area contributed by atoms with Crippen molar-refractivity contribution in [3.63, 3.8) is 0 Å². The Hall–Kier alpha value is -2.15. The van der Waals surface area contributed by atoms with E-state index in [0.29, 0.717) is 39.1 Å². The Kier molecular flexibility index (Phi) is 5.51. The van der Waals surface area contributed by atoms with Crippen LogP contribution in [0.1, 0.15) is 12.8 Å². The molecule has 114 valence electrons. The molecule has 0 spiro atoms. The van der Waals surface area contributed by atoms with Gasteiger partial charge in [-0.05, 0) is 12.5 Å². The molecule has 1 aliphatic rings. The first-order valence-electron chi connectivity index (χ1n) is 6.90. The van der Waals surface area contributed by atoms with E-state index in [1.54, 1.807) is 23.1 Å². The Morgan fingerprint density at radius 1 is 1.33 bits per heavy atom. The molecule has 1 aromatic rings. The van der Waals surface area contributed by atoms with Crippen LogP contribution in [0, 0.1) is 10.1 Å². The molecule has 0 aromatic heterocycles. The van der Waals surface area contributed by atoms with Crippen LogP contribution in [0.2, 0.25) is 0 Å². The molecule has 0 radical (unpaired) electrons. The monoisotopic (exact) mass is 294 g/mol. The largest absolute Gasteiger partial charge is 0.487 e. The highest BCUT2D eigenvalue weighted by Crippen LogP contribution is 2.25. The Bertz CT molecular complexity index is 500. The molecular formula is C14H18N2O5. The number of nitro benzene ring substituents is 1. The molecule has 7 heteroatoms. The number of para-hydroxylation sites is 2. The molecule has 1 saturated heterocycles. The van der Waals surface area contributed by atoms with Crippen LogP contribution in [0.25, 0.3) is 0 Å². The minimum atomic E-state index is -0.478. The average Bonchev–Trinajstić information content (AvgIpc) is 2.52. The highest BCUT2D eigenvalue weighted by atomic mass is 16.6. The van der Waals surface area contributed by atoms with Gasteiger partial charge in [-0.15, -0.1) is 0 Å². The van der Waals surface area contributed by atoms with E-state index < -0.39 is 4.92 Å². The van der Waals surface area contributed by atoms with Gasteiger partial charge in [-0.3, -0.25) is 14.9 Å². The smallest absolute Gasteiger partial charge is 0.310 e. The van der Waals surface area contributed by atoms with Gasteiger partial charge >= 0.3 is 5.69 Å². The average molecular weight is 294 g/mol. The molecular weight excluding hydrogens is 276 g/mol. The number of hydrogen-bond donors (Lipinski definition) is 0. The van der Waals surface area contributed by atoms with Crippen molar-refractivity contribution in [2.45, 2.75) is 12.8 Å². The van der Waals surface area contributed by atoms with Gasteiger partial charge in [-0.1, -0.05) is 12.1 Å². The first-order chi connectivity index (χ1) is 10.2. The lowest BCUT2D eigenvalue weighted by atomic mass is 10.2. The Labute approximate surface area is 122 Å². The maximum atomic E-state index is 11.9. The van der Waals surface area contributed by atoms with Gasteiger partial charge in [-0.2, -0.15) is 0 Å². The molecule has 1 heterocycles. The molecule has 21 heavy (non-hydrogen) atoms. The van der Waals surface area contributed by atoms with E-state index in [0.717, 1.165) is 0 Å². The summed E-state index contributed by atoms with van der Waals surface area (Å²) < 4.78 is 10.6. The van der Waals surface area contributed by atoms with Crippen molar-refractivity contribution in [3.8, 4) is 5.75 Å². The Balaban J connectivity index is 1.74. The predicted molar refractivity (Wildman–Crippen MR) is 75.2 cm³/mol. The fourth-order valence-electron chi connectivity index (χ4n) is 2.11.